The quantitative estimate of drug-likeness (QED) is 0.358. The number of hydrogen-bond acceptors (Lipinski definition) is 8. The highest BCUT2D eigenvalue weighted by atomic mass is 32.2. The Balaban J connectivity index is 1.49. The van der Waals surface area contributed by atoms with E-state index in [1.807, 2.05) is 54.6 Å². The summed E-state index contributed by atoms with van der Waals surface area (Å²) in [6, 6.07) is 17.0. The zero-order chi connectivity index (χ0) is 28.6. The molecule has 0 saturated carbocycles. The molecule has 3 aromatic carbocycles. The summed E-state index contributed by atoms with van der Waals surface area (Å²) in [5.74, 6) is 2.44. The van der Waals surface area contributed by atoms with Gasteiger partial charge in [-0.3, -0.25) is 9.59 Å². The van der Waals surface area contributed by atoms with Gasteiger partial charge in [-0.2, -0.15) is 0 Å². The minimum Gasteiger partial charge on any atom is -0.493 e. The standard InChI is InChI=1S/C30H34N2O7S/c1-35-22-11-10-19(14-23(22)36-2)12-13-31-28(33)18-32-21-8-6-7-9-26(21)40-27(17-29(32)34)20-15-24(37-3)30(39-5)25(16-20)38-4/h6-11,14-16,27H,12-13,17-18H2,1-5H3,(H,31,33). The highest BCUT2D eigenvalue weighted by Crippen LogP contribution is 2.49. The molecule has 10 heteroatoms. The number of benzene rings is 3. The lowest BCUT2D eigenvalue weighted by Crippen LogP contribution is -2.41. The van der Waals surface area contributed by atoms with Crippen molar-refractivity contribution in [2.45, 2.75) is 23.0 Å². The molecule has 0 spiro atoms. The van der Waals surface area contributed by atoms with Gasteiger partial charge in [0, 0.05) is 23.1 Å². The normalized spacial score (nSPS) is 14.6. The van der Waals surface area contributed by atoms with Gasteiger partial charge in [0.15, 0.2) is 23.0 Å². The lowest BCUT2D eigenvalue weighted by atomic mass is 10.1. The molecule has 0 bridgehead atoms. The predicted molar refractivity (Wildman–Crippen MR) is 154 cm³/mol. The molecule has 0 saturated heterocycles. The largest absolute Gasteiger partial charge is 0.493 e. The van der Waals surface area contributed by atoms with Crippen molar-refractivity contribution in [2.75, 3.05) is 53.5 Å². The third kappa shape index (κ3) is 6.39. The minimum absolute atomic E-state index is 0.0791. The van der Waals surface area contributed by atoms with Crippen LogP contribution < -0.4 is 33.9 Å². The third-order valence-corrected chi connectivity index (χ3v) is 7.95. The van der Waals surface area contributed by atoms with Crippen LogP contribution in [0.2, 0.25) is 0 Å². The van der Waals surface area contributed by atoms with Gasteiger partial charge in [-0.15, -0.1) is 11.8 Å². The highest BCUT2D eigenvalue weighted by molar-refractivity contribution is 7.99. The molecule has 212 valence electrons. The second-order valence-electron chi connectivity index (χ2n) is 9.01. The van der Waals surface area contributed by atoms with E-state index < -0.39 is 0 Å². The Hall–Kier alpha value is -4.05. The van der Waals surface area contributed by atoms with Crippen molar-refractivity contribution in [1.29, 1.82) is 0 Å². The topological polar surface area (TPSA) is 95.6 Å². The molecule has 0 radical (unpaired) electrons. The van der Waals surface area contributed by atoms with Crippen LogP contribution in [0.25, 0.3) is 0 Å². The Morgan fingerprint density at radius 2 is 1.55 bits per heavy atom. The van der Waals surface area contributed by atoms with E-state index in [0.29, 0.717) is 47.4 Å². The Bertz CT molecular complexity index is 1340. The van der Waals surface area contributed by atoms with Crippen molar-refractivity contribution in [3.63, 3.8) is 0 Å². The summed E-state index contributed by atoms with van der Waals surface area (Å²) in [5.41, 5.74) is 2.57. The van der Waals surface area contributed by atoms with Gasteiger partial charge in [-0.1, -0.05) is 18.2 Å². The zero-order valence-electron chi connectivity index (χ0n) is 23.3. The molecule has 1 aliphatic heterocycles. The van der Waals surface area contributed by atoms with E-state index >= 15 is 0 Å². The number of ether oxygens (including phenoxy) is 5. The molecule has 0 fully saturated rings. The van der Waals surface area contributed by atoms with Gasteiger partial charge in [0.2, 0.25) is 17.6 Å². The maximum absolute atomic E-state index is 13.6. The molecule has 40 heavy (non-hydrogen) atoms. The number of thioether (sulfide) groups is 1. The first-order valence-corrected chi connectivity index (χ1v) is 13.6. The van der Waals surface area contributed by atoms with Gasteiger partial charge in [0.1, 0.15) is 6.54 Å². The Kier molecular flexibility index (Phi) is 9.65. The fourth-order valence-electron chi connectivity index (χ4n) is 4.61. The van der Waals surface area contributed by atoms with Crippen molar-refractivity contribution in [1.82, 2.24) is 5.32 Å². The number of carbonyl (C=O) groups is 2. The van der Waals surface area contributed by atoms with E-state index in [1.54, 1.807) is 52.2 Å². The van der Waals surface area contributed by atoms with Gasteiger partial charge >= 0.3 is 0 Å². The van der Waals surface area contributed by atoms with Gasteiger partial charge in [0.25, 0.3) is 0 Å². The summed E-state index contributed by atoms with van der Waals surface area (Å²) in [6.07, 6.45) is 0.798. The number of anilines is 1. The van der Waals surface area contributed by atoms with E-state index in [-0.39, 0.29) is 30.0 Å². The SMILES string of the molecule is COc1ccc(CCNC(=O)CN2C(=O)CC(c3cc(OC)c(OC)c(OC)c3)Sc3ccccc32)cc1OC. The predicted octanol–water partition coefficient (Wildman–Crippen LogP) is 4.66. The summed E-state index contributed by atoms with van der Waals surface area (Å²) in [4.78, 5) is 29.0. The average molecular weight is 567 g/mol. The molecule has 4 rings (SSSR count). The van der Waals surface area contributed by atoms with Crippen LogP contribution in [-0.2, 0) is 16.0 Å². The van der Waals surface area contributed by atoms with E-state index in [0.717, 1.165) is 16.0 Å². The number of para-hydroxylation sites is 1. The lowest BCUT2D eigenvalue weighted by molar-refractivity contribution is -0.123. The van der Waals surface area contributed by atoms with Crippen LogP contribution in [0.5, 0.6) is 28.7 Å². The molecule has 1 unspecified atom stereocenters. The number of nitrogens with zero attached hydrogens (tertiary/aromatic N) is 1. The Morgan fingerprint density at radius 3 is 2.20 bits per heavy atom. The summed E-state index contributed by atoms with van der Waals surface area (Å²) in [6.45, 7) is 0.338. The molecule has 1 atom stereocenters. The molecule has 1 aliphatic rings. The monoisotopic (exact) mass is 566 g/mol. The first kappa shape index (κ1) is 28.9. The van der Waals surface area contributed by atoms with E-state index in [9.17, 15) is 9.59 Å². The fourth-order valence-corrected chi connectivity index (χ4v) is 5.87. The van der Waals surface area contributed by atoms with Crippen molar-refractivity contribution in [2.24, 2.45) is 0 Å². The molecular weight excluding hydrogens is 532 g/mol. The lowest BCUT2D eigenvalue weighted by Gasteiger charge is -2.22. The van der Waals surface area contributed by atoms with Gasteiger partial charge in [0.05, 0.1) is 41.2 Å². The summed E-state index contributed by atoms with van der Waals surface area (Å²) >= 11 is 1.57. The molecule has 3 aromatic rings. The molecule has 0 aliphatic carbocycles. The van der Waals surface area contributed by atoms with Crippen LogP contribution in [0.15, 0.2) is 59.5 Å². The summed E-state index contributed by atoms with van der Waals surface area (Å²) in [7, 11) is 7.85. The van der Waals surface area contributed by atoms with Crippen LogP contribution >= 0.6 is 11.8 Å². The fraction of sp³-hybridized carbons (Fsp3) is 0.333. The van der Waals surface area contributed by atoms with Crippen molar-refractivity contribution >= 4 is 29.3 Å². The van der Waals surface area contributed by atoms with Crippen molar-refractivity contribution < 1.29 is 33.3 Å². The number of methoxy groups -OCH3 is 5. The summed E-state index contributed by atoms with van der Waals surface area (Å²) in [5, 5.41) is 2.72. The smallest absolute Gasteiger partial charge is 0.240 e. The van der Waals surface area contributed by atoms with Gasteiger partial charge in [-0.05, 0) is 53.9 Å². The van der Waals surface area contributed by atoms with Crippen LogP contribution in [-0.4, -0.2) is 60.5 Å². The number of hydrogen-bond donors (Lipinski definition) is 1. The first-order chi connectivity index (χ1) is 19.4. The van der Waals surface area contributed by atoms with E-state index in [1.165, 1.54) is 0 Å². The maximum Gasteiger partial charge on any atom is 0.240 e. The van der Waals surface area contributed by atoms with Crippen LogP contribution in [0.4, 0.5) is 5.69 Å². The van der Waals surface area contributed by atoms with Crippen LogP contribution in [0.1, 0.15) is 22.8 Å². The number of amides is 2. The van der Waals surface area contributed by atoms with E-state index in [2.05, 4.69) is 5.32 Å². The molecule has 2 amide bonds. The zero-order valence-corrected chi connectivity index (χ0v) is 24.1. The van der Waals surface area contributed by atoms with Crippen LogP contribution in [0.3, 0.4) is 0 Å². The average Bonchev–Trinajstić information content (AvgIpc) is 3.12. The van der Waals surface area contributed by atoms with E-state index in [4.69, 9.17) is 23.7 Å². The number of nitrogens with one attached hydrogen (secondary N) is 1. The van der Waals surface area contributed by atoms with Gasteiger partial charge < -0.3 is 33.9 Å². The van der Waals surface area contributed by atoms with Crippen LogP contribution in [0, 0.1) is 0 Å². The Morgan fingerprint density at radius 1 is 0.875 bits per heavy atom. The minimum atomic E-state index is -0.236. The summed E-state index contributed by atoms with van der Waals surface area (Å²) < 4.78 is 27.2. The third-order valence-electron chi connectivity index (χ3n) is 6.63. The number of fused-ring (bicyclic) bond motifs is 1. The number of carbonyl (C=O) groups excluding carboxylic acids is 2. The number of rotatable bonds is 11. The van der Waals surface area contributed by atoms with Gasteiger partial charge in [-0.25, -0.2) is 0 Å². The second kappa shape index (κ2) is 13.3. The highest BCUT2D eigenvalue weighted by Gasteiger charge is 2.31. The Labute approximate surface area is 238 Å². The van der Waals surface area contributed by atoms with Crippen molar-refractivity contribution in [3.05, 3.63) is 65.7 Å². The molecule has 0 aromatic heterocycles. The maximum atomic E-state index is 13.6. The first-order valence-electron chi connectivity index (χ1n) is 12.8. The molecular formula is C30H34N2O7S. The second-order valence-corrected chi connectivity index (χ2v) is 10.3. The molecule has 1 heterocycles. The molecule has 1 N–H and O–H groups in total. The van der Waals surface area contributed by atoms with Crippen molar-refractivity contribution in [3.8, 4) is 28.7 Å². The molecule has 9 nitrogen and oxygen atoms in total.